The Hall–Kier alpha value is -2.74. The number of aliphatic carboxylic acids is 1. The molecule has 3 nitrogen and oxygen atoms in total. The molecule has 0 radical (unpaired) electrons. The third-order valence-corrected chi connectivity index (χ3v) is 3.44. The molecule has 1 N–H and O–H groups in total. The van der Waals surface area contributed by atoms with Gasteiger partial charge < -0.3 is 5.11 Å². The van der Waals surface area contributed by atoms with E-state index >= 15 is 0 Å². The molecule has 2 rings (SSSR count). The van der Waals surface area contributed by atoms with Gasteiger partial charge in [0.05, 0.1) is 18.4 Å². The Morgan fingerprint density at radius 1 is 1.09 bits per heavy atom. The zero-order chi connectivity index (χ0) is 16.1. The average molecular weight is 301 g/mol. The van der Waals surface area contributed by atoms with E-state index in [2.05, 4.69) is 0 Å². The number of nitrogens with zero attached hydrogens (tertiary/aromatic N) is 1. The predicted molar refractivity (Wildman–Crippen MR) is 76.1 cm³/mol. The van der Waals surface area contributed by atoms with Crippen LogP contribution in [-0.4, -0.2) is 11.1 Å². The van der Waals surface area contributed by atoms with Crippen molar-refractivity contribution in [3.05, 3.63) is 71.3 Å². The van der Waals surface area contributed by atoms with Gasteiger partial charge in [-0.1, -0.05) is 24.3 Å². The Balaban J connectivity index is 2.44. The minimum Gasteiger partial charge on any atom is -0.481 e. The second kappa shape index (κ2) is 6.81. The summed E-state index contributed by atoms with van der Waals surface area (Å²) < 4.78 is 26.4. The number of carboxylic acids is 1. The van der Waals surface area contributed by atoms with Crippen LogP contribution in [0, 0.1) is 23.0 Å². The molecule has 0 amide bonds. The highest BCUT2D eigenvalue weighted by molar-refractivity contribution is 5.68. The zero-order valence-corrected chi connectivity index (χ0v) is 11.5. The third kappa shape index (κ3) is 3.67. The minimum absolute atomic E-state index is 0.305. The summed E-state index contributed by atoms with van der Waals surface area (Å²) in [6.07, 6.45) is -0.305. The molecule has 0 heterocycles. The van der Waals surface area contributed by atoms with Crippen LogP contribution in [0.2, 0.25) is 0 Å². The molecule has 0 aliphatic heterocycles. The highest BCUT2D eigenvalue weighted by Gasteiger charge is 2.27. The summed E-state index contributed by atoms with van der Waals surface area (Å²) in [5, 5.41) is 18.5. The van der Waals surface area contributed by atoms with Crippen LogP contribution < -0.4 is 0 Å². The smallest absolute Gasteiger partial charge is 0.304 e. The van der Waals surface area contributed by atoms with Crippen LogP contribution in [0.25, 0.3) is 0 Å². The highest BCUT2D eigenvalue weighted by atomic mass is 19.1. The molecule has 22 heavy (non-hydrogen) atoms. The summed E-state index contributed by atoms with van der Waals surface area (Å²) in [5.41, 5.74) is 0.928. The van der Waals surface area contributed by atoms with E-state index in [1.165, 1.54) is 42.5 Å². The van der Waals surface area contributed by atoms with E-state index < -0.39 is 29.4 Å². The number of rotatable bonds is 5. The van der Waals surface area contributed by atoms with E-state index in [0.717, 1.165) is 0 Å². The van der Waals surface area contributed by atoms with Gasteiger partial charge in [-0.05, 0) is 35.4 Å². The maximum Gasteiger partial charge on any atom is 0.304 e. The van der Waals surface area contributed by atoms with Crippen molar-refractivity contribution in [1.29, 1.82) is 5.26 Å². The highest BCUT2D eigenvalue weighted by Crippen LogP contribution is 2.35. The summed E-state index contributed by atoms with van der Waals surface area (Å²) in [7, 11) is 0. The molecule has 2 aromatic rings. The van der Waals surface area contributed by atoms with Crippen molar-refractivity contribution in [2.75, 3.05) is 0 Å². The standard InChI is InChI=1S/C17H13F2NO2/c18-13-6-4-11(5-7-13)15(9-17(21)22)16(10-20)12-2-1-3-14(19)8-12/h1-8,15-16H,9H2,(H,21,22). The Labute approximate surface area is 126 Å². The Kier molecular flexibility index (Phi) is 4.84. The number of benzene rings is 2. The van der Waals surface area contributed by atoms with Crippen molar-refractivity contribution >= 4 is 5.97 Å². The van der Waals surface area contributed by atoms with Crippen LogP contribution in [0.1, 0.15) is 29.4 Å². The molecular weight excluding hydrogens is 288 g/mol. The van der Waals surface area contributed by atoms with Crippen LogP contribution in [0.4, 0.5) is 8.78 Å². The number of hydrogen-bond donors (Lipinski definition) is 1. The van der Waals surface area contributed by atoms with Crippen LogP contribution in [0.15, 0.2) is 48.5 Å². The zero-order valence-electron chi connectivity index (χ0n) is 11.5. The molecule has 2 aromatic carbocycles. The first kappa shape index (κ1) is 15.6. The molecule has 5 heteroatoms. The second-order valence-corrected chi connectivity index (χ2v) is 4.92. The van der Waals surface area contributed by atoms with Crippen molar-refractivity contribution in [3.63, 3.8) is 0 Å². The Morgan fingerprint density at radius 3 is 2.32 bits per heavy atom. The summed E-state index contributed by atoms with van der Waals surface area (Å²) in [6, 6.07) is 12.9. The van der Waals surface area contributed by atoms with Crippen LogP contribution in [0.3, 0.4) is 0 Å². The first-order chi connectivity index (χ1) is 10.5. The van der Waals surface area contributed by atoms with Crippen molar-refractivity contribution in [2.24, 2.45) is 0 Å². The first-order valence-electron chi connectivity index (χ1n) is 6.63. The van der Waals surface area contributed by atoms with Gasteiger partial charge in [0.15, 0.2) is 0 Å². The van der Waals surface area contributed by atoms with Gasteiger partial charge in [-0.3, -0.25) is 4.79 Å². The van der Waals surface area contributed by atoms with Crippen molar-refractivity contribution in [2.45, 2.75) is 18.3 Å². The van der Waals surface area contributed by atoms with Crippen LogP contribution >= 0.6 is 0 Å². The Morgan fingerprint density at radius 2 is 1.77 bits per heavy atom. The molecule has 0 saturated carbocycles. The number of carboxylic acid groups (broad SMARTS) is 1. The fourth-order valence-corrected chi connectivity index (χ4v) is 2.42. The van der Waals surface area contributed by atoms with E-state index in [1.807, 2.05) is 6.07 Å². The summed E-state index contributed by atoms with van der Waals surface area (Å²) in [5.74, 6) is -3.55. The number of hydrogen-bond acceptors (Lipinski definition) is 2. The van der Waals surface area contributed by atoms with Gasteiger partial charge in [0, 0.05) is 5.92 Å². The maximum atomic E-state index is 13.4. The van der Waals surface area contributed by atoms with E-state index in [9.17, 15) is 18.8 Å². The molecule has 0 aliphatic rings. The van der Waals surface area contributed by atoms with Gasteiger partial charge >= 0.3 is 5.97 Å². The van der Waals surface area contributed by atoms with Gasteiger partial charge in [-0.25, -0.2) is 8.78 Å². The monoisotopic (exact) mass is 301 g/mol. The van der Waals surface area contributed by atoms with Gasteiger partial charge in [0.25, 0.3) is 0 Å². The summed E-state index contributed by atoms with van der Waals surface area (Å²) in [4.78, 5) is 11.1. The van der Waals surface area contributed by atoms with E-state index in [0.29, 0.717) is 11.1 Å². The van der Waals surface area contributed by atoms with Gasteiger partial charge in [-0.2, -0.15) is 5.26 Å². The number of nitriles is 1. The SMILES string of the molecule is N#CC(c1cccc(F)c1)C(CC(=O)O)c1ccc(F)cc1. The predicted octanol–water partition coefficient (Wildman–Crippen LogP) is 3.83. The lowest BCUT2D eigenvalue weighted by molar-refractivity contribution is -0.137. The molecule has 0 bridgehead atoms. The molecule has 0 aliphatic carbocycles. The fourth-order valence-electron chi connectivity index (χ4n) is 2.42. The number of halogens is 2. The molecular formula is C17H13F2NO2. The van der Waals surface area contributed by atoms with E-state index in [4.69, 9.17) is 5.11 Å². The summed E-state index contributed by atoms with van der Waals surface area (Å²) >= 11 is 0. The molecule has 0 spiro atoms. The molecule has 2 atom stereocenters. The molecule has 0 fully saturated rings. The van der Waals surface area contributed by atoms with E-state index in [-0.39, 0.29) is 6.42 Å². The largest absolute Gasteiger partial charge is 0.481 e. The third-order valence-electron chi connectivity index (χ3n) is 3.44. The molecule has 2 unspecified atom stereocenters. The maximum absolute atomic E-state index is 13.4. The van der Waals surface area contributed by atoms with Crippen molar-refractivity contribution in [3.8, 4) is 6.07 Å². The topological polar surface area (TPSA) is 61.1 Å². The van der Waals surface area contributed by atoms with Crippen LogP contribution in [0.5, 0.6) is 0 Å². The van der Waals surface area contributed by atoms with Gasteiger partial charge in [0.1, 0.15) is 11.6 Å². The average Bonchev–Trinajstić information content (AvgIpc) is 2.47. The van der Waals surface area contributed by atoms with Crippen molar-refractivity contribution in [1.82, 2.24) is 0 Å². The van der Waals surface area contributed by atoms with Gasteiger partial charge in [-0.15, -0.1) is 0 Å². The van der Waals surface area contributed by atoms with E-state index in [1.54, 1.807) is 6.07 Å². The lowest BCUT2D eigenvalue weighted by atomic mass is 9.80. The number of carbonyl (C=O) groups is 1. The summed E-state index contributed by atoms with van der Waals surface area (Å²) in [6.45, 7) is 0. The lowest BCUT2D eigenvalue weighted by Gasteiger charge is -2.21. The minimum atomic E-state index is -1.08. The molecule has 112 valence electrons. The van der Waals surface area contributed by atoms with Gasteiger partial charge in [0.2, 0.25) is 0 Å². The molecule has 0 saturated heterocycles. The van der Waals surface area contributed by atoms with Crippen LogP contribution in [-0.2, 0) is 4.79 Å². The van der Waals surface area contributed by atoms with Crippen molar-refractivity contribution < 1.29 is 18.7 Å². The molecule has 0 aromatic heterocycles. The lowest BCUT2D eigenvalue weighted by Crippen LogP contribution is -2.14. The fraction of sp³-hybridized carbons (Fsp3) is 0.176. The quantitative estimate of drug-likeness (QED) is 0.913. The Bertz CT molecular complexity index is 707. The second-order valence-electron chi connectivity index (χ2n) is 4.92. The normalized spacial score (nSPS) is 13.1. The first-order valence-corrected chi connectivity index (χ1v) is 6.63.